The van der Waals surface area contributed by atoms with Crippen molar-refractivity contribution in [1.29, 1.82) is 0 Å². The van der Waals surface area contributed by atoms with Crippen LogP contribution in [0.2, 0.25) is 0 Å². The van der Waals surface area contributed by atoms with Crippen LogP contribution >= 0.6 is 15.9 Å². The van der Waals surface area contributed by atoms with Crippen molar-refractivity contribution in [1.82, 2.24) is 0 Å². The first kappa shape index (κ1) is 14.3. The van der Waals surface area contributed by atoms with Crippen LogP contribution in [0.5, 0.6) is 0 Å². The number of anilines is 1. The molecule has 1 aromatic carbocycles. The molecule has 0 saturated heterocycles. The van der Waals surface area contributed by atoms with Gasteiger partial charge in [-0.1, -0.05) is 24.3 Å². The molecule has 4 unspecified atom stereocenters. The van der Waals surface area contributed by atoms with Gasteiger partial charge in [-0.2, -0.15) is 0 Å². The minimum Gasteiger partial charge on any atom is -0.481 e. The van der Waals surface area contributed by atoms with E-state index in [4.69, 9.17) is 0 Å². The van der Waals surface area contributed by atoms with Gasteiger partial charge in [-0.05, 0) is 52.7 Å². The number of rotatable bonds is 3. The van der Waals surface area contributed by atoms with Gasteiger partial charge in [0.25, 0.3) is 0 Å². The fraction of sp³-hybridized carbons (Fsp3) is 0.375. The van der Waals surface area contributed by atoms with Crippen LogP contribution in [0.4, 0.5) is 5.69 Å². The topological polar surface area (TPSA) is 66.4 Å². The van der Waals surface area contributed by atoms with Crippen molar-refractivity contribution in [2.24, 2.45) is 23.7 Å². The van der Waals surface area contributed by atoms with Gasteiger partial charge in [-0.15, -0.1) is 0 Å². The summed E-state index contributed by atoms with van der Waals surface area (Å²) >= 11 is 3.46. The second-order valence-electron chi connectivity index (χ2n) is 5.76. The number of nitrogens with one attached hydrogen (secondary N) is 1. The third kappa shape index (κ3) is 2.39. The van der Waals surface area contributed by atoms with Crippen molar-refractivity contribution in [2.75, 3.05) is 5.32 Å². The molecule has 0 heterocycles. The fourth-order valence-corrected chi connectivity index (χ4v) is 3.84. The van der Waals surface area contributed by atoms with Crippen LogP contribution in [0.1, 0.15) is 12.0 Å². The molecule has 2 aliphatic carbocycles. The van der Waals surface area contributed by atoms with E-state index in [9.17, 15) is 14.7 Å². The number of carbonyl (C=O) groups excluding carboxylic acids is 1. The molecule has 4 atom stereocenters. The minimum absolute atomic E-state index is 0.01000. The molecule has 1 aromatic rings. The number of aliphatic carboxylic acids is 1. The van der Waals surface area contributed by atoms with E-state index in [1.807, 2.05) is 37.3 Å². The summed E-state index contributed by atoms with van der Waals surface area (Å²) in [6.07, 6.45) is 4.69. The Balaban J connectivity index is 1.84. The quantitative estimate of drug-likeness (QED) is 0.823. The Hall–Kier alpha value is -1.62. The number of carboxylic acid groups (broad SMARTS) is 1. The van der Waals surface area contributed by atoms with Gasteiger partial charge in [-0.25, -0.2) is 0 Å². The number of benzene rings is 1. The van der Waals surface area contributed by atoms with Crippen molar-refractivity contribution >= 4 is 33.5 Å². The standard InChI is InChI=1S/C16H16BrNO3/c1-8-3-2-4-11(14(8)17)18-15(19)12-9-5-6-10(7-9)13(12)16(20)21/h2-6,9-10,12-13H,7H2,1H3,(H,18,19)(H,20,21). The lowest BCUT2D eigenvalue weighted by molar-refractivity contribution is -0.146. The molecule has 0 aliphatic heterocycles. The highest BCUT2D eigenvalue weighted by Gasteiger charge is 2.51. The molecule has 21 heavy (non-hydrogen) atoms. The van der Waals surface area contributed by atoms with Crippen molar-refractivity contribution in [3.05, 3.63) is 40.4 Å². The predicted molar refractivity (Wildman–Crippen MR) is 82.9 cm³/mol. The summed E-state index contributed by atoms with van der Waals surface area (Å²) in [4.78, 5) is 24.0. The zero-order chi connectivity index (χ0) is 15.1. The maximum absolute atomic E-state index is 12.6. The largest absolute Gasteiger partial charge is 0.481 e. The van der Waals surface area contributed by atoms with E-state index in [0.717, 1.165) is 16.5 Å². The number of carbonyl (C=O) groups is 2. The van der Waals surface area contributed by atoms with Crippen molar-refractivity contribution in [2.45, 2.75) is 13.3 Å². The lowest BCUT2D eigenvalue weighted by atomic mass is 9.82. The molecule has 5 heteroatoms. The molecule has 0 aromatic heterocycles. The molecule has 2 bridgehead atoms. The third-order valence-corrected chi connectivity index (χ3v) is 5.55. The third-order valence-electron chi connectivity index (χ3n) is 4.50. The monoisotopic (exact) mass is 349 g/mol. The highest BCUT2D eigenvalue weighted by molar-refractivity contribution is 9.10. The molecule has 4 nitrogen and oxygen atoms in total. The second kappa shape index (κ2) is 5.30. The molecular formula is C16H16BrNO3. The minimum atomic E-state index is -0.879. The van der Waals surface area contributed by atoms with Gasteiger partial charge < -0.3 is 10.4 Å². The summed E-state index contributed by atoms with van der Waals surface area (Å²) in [6.45, 7) is 1.94. The van der Waals surface area contributed by atoms with Crippen LogP contribution in [0.25, 0.3) is 0 Å². The van der Waals surface area contributed by atoms with E-state index < -0.39 is 17.8 Å². The van der Waals surface area contributed by atoms with Gasteiger partial charge in [0.05, 0.1) is 17.5 Å². The number of hydrogen-bond donors (Lipinski definition) is 2. The number of amides is 1. The van der Waals surface area contributed by atoms with Crippen LogP contribution in [-0.4, -0.2) is 17.0 Å². The number of halogens is 1. The summed E-state index contributed by atoms with van der Waals surface area (Å²) in [5, 5.41) is 12.3. The molecule has 1 saturated carbocycles. The smallest absolute Gasteiger partial charge is 0.307 e. The zero-order valence-electron chi connectivity index (χ0n) is 11.5. The van der Waals surface area contributed by atoms with E-state index in [1.165, 1.54) is 0 Å². The molecular weight excluding hydrogens is 334 g/mol. The van der Waals surface area contributed by atoms with Crippen LogP contribution in [0, 0.1) is 30.6 Å². The molecule has 1 fully saturated rings. The van der Waals surface area contributed by atoms with E-state index >= 15 is 0 Å². The Morgan fingerprint density at radius 1 is 1.24 bits per heavy atom. The first-order chi connectivity index (χ1) is 9.99. The lowest BCUT2D eigenvalue weighted by Crippen LogP contribution is -2.36. The highest BCUT2D eigenvalue weighted by Crippen LogP contribution is 2.48. The van der Waals surface area contributed by atoms with Gasteiger partial charge in [-0.3, -0.25) is 9.59 Å². The summed E-state index contributed by atoms with van der Waals surface area (Å²) in [5.74, 6) is -2.14. The van der Waals surface area contributed by atoms with Crippen LogP contribution in [0.15, 0.2) is 34.8 Å². The van der Waals surface area contributed by atoms with Crippen molar-refractivity contribution < 1.29 is 14.7 Å². The summed E-state index contributed by atoms with van der Waals surface area (Å²) in [7, 11) is 0. The Morgan fingerprint density at radius 2 is 1.90 bits per heavy atom. The van der Waals surface area contributed by atoms with Crippen LogP contribution in [0.3, 0.4) is 0 Å². The van der Waals surface area contributed by atoms with Gasteiger partial charge in [0, 0.05) is 4.47 Å². The van der Waals surface area contributed by atoms with E-state index in [0.29, 0.717) is 5.69 Å². The molecule has 1 amide bonds. The molecule has 2 aliphatic rings. The normalized spacial score (nSPS) is 29.6. The number of hydrogen-bond acceptors (Lipinski definition) is 2. The average Bonchev–Trinajstić information content (AvgIpc) is 3.04. The van der Waals surface area contributed by atoms with Gasteiger partial charge >= 0.3 is 5.97 Å². The van der Waals surface area contributed by atoms with Crippen molar-refractivity contribution in [3.63, 3.8) is 0 Å². The van der Waals surface area contributed by atoms with Crippen LogP contribution in [-0.2, 0) is 9.59 Å². The number of carboxylic acids is 1. The highest BCUT2D eigenvalue weighted by atomic mass is 79.9. The first-order valence-electron chi connectivity index (χ1n) is 6.96. The van der Waals surface area contributed by atoms with Gasteiger partial charge in [0.15, 0.2) is 0 Å². The Bertz CT molecular complexity index is 640. The molecule has 0 radical (unpaired) electrons. The van der Waals surface area contributed by atoms with Gasteiger partial charge in [0.2, 0.25) is 5.91 Å². The van der Waals surface area contributed by atoms with Crippen LogP contribution < -0.4 is 5.32 Å². The number of aryl methyl sites for hydroxylation is 1. The Labute approximate surface area is 131 Å². The summed E-state index contributed by atoms with van der Waals surface area (Å²) in [6, 6.07) is 5.62. The van der Waals surface area contributed by atoms with E-state index in [-0.39, 0.29) is 17.7 Å². The molecule has 3 rings (SSSR count). The predicted octanol–water partition coefficient (Wildman–Crippen LogP) is 3.22. The van der Waals surface area contributed by atoms with Crippen molar-refractivity contribution in [3.8, 4) is 0 Å². The zero-order valence-corrected chi connectivity index (χ0v) is 13.1. The fourth-order valence-electron chi connectivity index (χ4n) is 3.48. The lowest BCUT2D eigenvalue weighted by Gasteiger charge is -2.24. The van der Waals surface area contributed by atoms with E-state index in [2.05, 4.69) is 21.2 Å². The number of allylic oxidation sites excluding steroid dienone is 2. The Kier molecular flexibility index (Phi) is 3.61. The molecule has 2 N–H and O–H groups in total. The summed E-state index contributed by atoms with van der Waals surface area (Å²) in [5.41, 5.74) is 1.71. The average molecular weight is 350 g/mol. The molecule has 0 spiro atoms. The first-order valence-corrected chi connectivity index (χ1v) is 7.75. The number of fused-ring (bicyclic) bond motifs is 2. The summed E-state index contributed by atoms with van der Waals surface area (Å²) < 4.78 is 0.837. The Morgan fingerprint density at radius 3 is 2.57 bits per heavy atom. The SMILES string of the molecule is Cc1cccc(NC(=O)C2C3C=CC(C3)C2C(=O)O)c1Br. The maximum Gasteiger partial charge on any atom is 0.307 e. The molecule has 110 valence electrons. The maximum atomic E-state index is 12.6. The van der Waals surface area contributed by atoms with Gasteiger partial charge in [0.1, 0.15) is 0 Å². The second-order valence-corrected chi connectivity index (χ2v) is 6.56. The van der Waals surface area contributed by atoms with E-state index in [1.54, 1.807) is 0 Å².